The molecule has 1 heterocycles. The monoisotopic (exact) mass is 487 g/mol. The second-order valence-electron chi connectivity index (χ2n) is 7.65. The highest BCUT2D eigenvalue weighted by atomic mass is 32.2. The number of anilines is 2. The van der Waals surface area contributed by atoms with E-state index in [2.05, 4.69) is 10.3 Å². The number of benzene rings is 3. The standard InChI is InChI=1S/C27H25N3O4S/c1-18(25(31)28-20-8-5-4-6-9-20)35-27-29-24(16-19-12-14-22(33-2)15-13-19)26(32)30(27)21-10-7-11-23(17-21)34-3/h4-18H,1-3H3,(H,28,31)/b24-16-. The Kier molecular flexibility index (Phi) is 7.52. The number of amidine groups is 1. The van der Waals surface area contributed by atoms with E-state index in [0.29, 0.717) is 22.3 Å². The minimum absolute atomic E-state index is 0.186. The van der Waals surface area contributed by atoms with E-state index in [-0.39, 0.29) is 17.5 Å². The lowest BCUT2D eigenvalue weighted by Gasteiger charge is -2.20. The topological polar surface area (TPSA) is 80.2 Å². The zero-order chi connectivity index (χ0) is 24.8. The van der Waals surface area contributed by atoms with E-state index in [0.717, 1.165) is 11.3 Å². The molecule has 0 aromatic heterocycles. The number of nitrogens with zero attached hydrogens (tertiary/aromatic N) is 2. The molecule has 178 valence electrons. The Bertz CT molecular complexity index is 1270. The maximum atomic E-state index is 13.4. The van der Waals surface area contributed by atoms with Crippen molar-refractivity contribution in [3.05, 3.63) is 90.1 Å². The van der Waals surface area contributed by atoms with Gasteiger partial charge in [-0.2, -0.15) is 0 Å². The number of thioether (sulfide) groups is 1. The number of para-hydroxylation sites is 1. The zero-order valence-electron chi connectivity index (χ0n) is 19.6. The molecule has 3 aromatic rings. The van der Waals surface area contributed by atoms with Crippen LogP contribution in [0.2, 0.25) is 0 Å². The van der Waals surface area contributed by atoms with E-state index in [1.165, 1.54) is 16.7 Å². The molecule has 0 spiro atoms. The maximum Gasteiger partial charge on any atom is 0.283 e. The smallest absolute Gasteiger partial charge is 0.283 e. The van der Waals surface area contributed by atoms with Gasteiger partial charge in [0.2, 0.25) is 5.91 Å². The highest BCUT2D eigenvalue weighted by molar-refractivity contribution is 8.15. The van der Waals surface area contributed by atoms with E-state index in [1.807, 2.05) is 60.7 Å². The Morgan fingerprint density at radius 1 is 0.971 bits per heavy atom. The molecule has 0 saturated heterocycles. The van der Waals surface area contributed by atoms with Crippen molar-refractivity contribution >= 4 is 46.2 Å². The summed E-state index contributed by atoms with van der Waals surface area (Å²) < 4.78 is 10.5. The van der Waals surface area contributed by atoms with Gasteiger partial charge in [-0.3, -0.25) is 14.5 Å². The molecular formula is C27H25N3O4S. The number of ether oxygens (including phenoxy) is 2. The molecule has 1 aliphatic rings. The van der Waals surface area contributed by atoms with Crippen molar-refractivity contribution < 1.29 is 19.1 Å². The number of aliphatic imine (C=N–C) groups is 1. The zero-order valence-corrected chi connectivity index (χ0v) is 20.4. The van der Waals surface area contributed by atoms with Crippen molar-refractivity contribution in [1.82, 2.24) is 0 Å². The quantitative estimate of drug-likeness (QED) is 0.463. The van der Waals surface area contributed by atoms with Gasteiger partial charge in [0.1, 0.15) is 17.2 Å². The molecule has 1 N–H and O–H groups in total. The average molecular weight is 488 g/mol. The largest absolute Gasteiger partial charge is 0.497 e. The molecule has 1 unspecified atom stereocenters. The third-order valence-corrected chi connectivity index (χ3v) is 6.31. The Hall–Kier alpha value is -4.04. The summed E-state index contributed by atoms with van der Waals surface area (Å²) in [6, 6.07) is 23.8. The van der Waals surface area contributed by atoms with E-state index < -0.39 is 5.25 Å². The van der Waals surface area contributed by atoms with Crippen molar-refractivity contribution in [1.29, 1.82) is 0 Å². The molecule has 0 saturated carbocycles. The van der Waals surface area contributed by atoms with E-state index >= 15 is 0 Å². The summed E-state index contributed by atoms with van der Waals surface area (Å²) in [6.45, 7) is 1.78. The second kappa shape index (κ2) is 10.9. The van der Waals surface area contributed by atoms with Crippen LogP contribution in [0.25, 0.3) is 6.08 Å². The third-order valence-electron chi connectivity index (χ3n) is 5.25. The first-order valence-electron chi connectivity index (χ1n) is 10.9. The summed E-state index contributed by atoms with van der Waals surface area (Å²) in [7, 11) is 3.17. The summed E-state index contributed by atoms with van der Waals surface area (Å²) in [6.07, 6.45) is 1.72. The lowest BCUT2D eigenvalue weighted by molar-refractivity contribution is -0.115. The number of methoxy groups -OCH3 is 2. The third kappa shape index (κ3) is 5.73. The van der Waals surface area contributed by atoms with Crippen molar-refractivity contribution in [2.45, 2.75) is 12.2 Å². The number of nitrogens with one attached hydrogen (secondary N) is 1. The van der Waals surface area contributed by atoms with Crippen LogP contribution in [-0.4, -0.2) is 36.5 Å². The normalized spacial score (nSPS) is 15.1. The number of hydrogen-bond donors (Lipinski definition) is 1. The van der Waals surface area contributed by atoms with Crippen LogP contribution >= 0.6 is 11.8 Å². The van der Waals surface area contributed by atoms with Crippen molar-refractivity contribution in [2.75, 3.05) is 24.4 Å². The second-order valence-corrected chi connectivity index (χ2v) is 8.96. The van der Waals surface area contributed by atoms with Crippen LogP contribution in [0.5, 0.6) is 11.5 Å². The van der Waals surface area contributed by atoms with Gasteiger partial charge in [0, 0.05) is 11.8 Å². The van der Waals surface area contributed by atoms with E-state index in [9.17, 15) is 9.59 Å². The average Bonchev–Trinajstić information content (AvgIpc) is 3.19. The molecule has 0 fully saturated rings. The summed E-state index contributed by atoms with van der Waals surface area (Å²) in [5.41, 5.74) is 2.40. The minimum Gasteiger partial charge on any atom is -0.497 e. The number of carbonyl (C=O) groups is 2. The van der Waals surface area contributed by atoms with Crippen LogP contribution in [0.1, 0.15) is 12.5 Å². The Balaban J connectivity index is 1.63. The molecular weight excluding hydrogens is 462 g/mol. The predicted octanol–water partition coefficient (Wildman–Crippen LogP) is 5.21. The van der Waals surface area contributed by atoms with Crippen molar-refractivity contribution in [3.63, 3.8) is 0 Å². The number of rotatable bonds is 7. The van der Waals surface area contributed by atoms with Crippen molar-refractivity contribution in [3.8, 4) is 11.5 Å². The van der Waals surface area contributed by atoms with Gasteiger partial charge in [0.05, 0.1) is 25.2 Å². The fourth-order valence-electron chi connectivity index (χ4n) is 3.39. The summed E-state index contributed by atoms with van der Waals surface area (Å²) in [4.78, 5) is 32.4. The molecule has 0 radical (unpaired) electrons. The molecule has 2 amide bonds. The van der Waals surface area contributed by atoms with Crippen LogP contribution in [-0.2, 0) is 9.59 Å². The Morgan fingerprint density at radius 2 is 1.69 bits per heavy atom. The van der Waals surface area contributed by atoms with Crippen molar-refractivity contribution in [2.24, 2.45) is 4.99 Å². The van der Waals surface area contributed by atoms with Gasteiger partial charge in [-0.05, 0) is 55.0 Å². The van der Waals surface area contributed by atoms with Crippen LogP contribution < -0.4 is 19.7 Å². The molecule has 8 heteroatoms. The Morgan fingerprint density at radius 3 is 2.37 bits per heavy atom. The van der Waals surface area contributed by atoms with Crippen LogP contribution in [0.4, 0.5) is 11.4 Å². The molecule has 1 atom stereocenters. The number of amides is 2. The van der Waals surface area contributed by atoms with Gasteiger partial charge in [-0.25, -0.2) is 4.99 Å². The highest BCUT2D eigenvalue weighted by Gasteiger charge is 2.34. The molecule has 35 heavy (non-hydrogen) atoms. The first-order chi connectivity index (χ1) is 17.0. The summed E-state index contributed by atoms with van der Waals surface area (Å²) >= 11 is 1.22. The van der Waals surface area contributed by atoms with Gasteiger partial charge in [-0.15, -0.1) is 0 Å². The highest BCUT2D eigenvalue weighted by Crippen LogP contribution is 2.33. The fourth-order valence-corrected chi connectivity index (χ4v) is 4.31. The fraction of sp³-hybridized carbons (Fsp3) is 0.148. The molecule has 1 aliphatic heterocycles. The van der Waals surface area contributed by atoms with E-state index in [1.54, 1.807) is 45.4 Å². The summed E-state index contributed by atoms with van der Waals surface area (Å²) in [5, 5.41) is 2.81. The SMILES string of the molecule is COc1ccc(/C=C2\N=C(SC(C)C(=O)Nc3ccccc3)N(c3cccc(OC)c3)C2=O)cc1. The van der Waals surface area contributed by atoms with Crippen LogP contribution in [0, 0.1) is 0 Å². The van der Waals surface area contributed by atoms with Crippen LogP contribution in [0.15, 0.2) is 89.6 Å². The summed E-state index contributed by atoms with van der Waals surface area (Å²) in [5.74, 6) is 0.866. The maximum absolute atomic E-state index is 13.4. The van der Waals surface area contributed by atoms with Crippen LogP contribution in [0.3, 0.4) is 0 Å². The first kappa shape index (κ1) is 24.1. The van der Waals surface area contributed by atoms with Gasteiger partial charge in [0.15, 0.2) is 5.17 Å². The van der Waals surface area contributed by atoms with Gasteiger partial charge < -0.3 is 14.8 Å². The minimum atomic E-state index is -0.504. The van der Waals surface area contributed by atoms with Gasteiger partial charge in [-0.1, -0.05) is 48.2 Å². The van der Waals surface area contributed by atoms with Gasteiger partial charge in [0.25, 0.3) is 5.91 Å². The Labute approximate surface area is 208 Å². The lowest BCUT2D eigenvalue weighted by Crippen LogP contribution is -2.33. The predicted molar refractivity (Wildman–Crippen MR) is 141 cm³/mol. The molecule has 0 aliphatic carbocycles. The molecule has 0 bridgehead atoms. The molecule has 4 rings (SSSR count). The molecule has 3 aromatic carbocycles. The first-order valence-corrected chi connectivity index (χ1v) is 11.8. The molecule has 7 nitrogen and oxygen atoms in total. The van der Waals surface area contributed by atoms with Gasteiger partial charge >= 0.3 is 0 Å². The number of carbonyl (C=O) groups excluding carboxylic acids is 2. The number of hydrogen-bond acceptors (Lipinski definition) is 6. The van der Waals surface area contributed by atoms with E-state index in [4.69, 9.17) is 9.47 Å². The lowest BCUT2D eigenvalue weighted by atomic mass is 10.2.